The second-order valence-corrected chi connectivity index (χ2v) is 4.99. The van der Waals surface area contributed by atoms with E-state index in [4.69, 9.17) is 0 Å². The monoisotopic (exact) mass is 230 g/mol. The molecule has 0 N–H and O–H groups in total. The van der Waals surface area contributed by atoms with Gasteiger partial charge in [-0.15, -0.1) is 0 Å². The summed E-state index contributed by atoms with van der Waals surface area (Å²) in [6, 6.07) is 5.37. The Labute approximate surface area is 103 Å². The predicted molar refractivity (Wildman–Crippen MR) is 71.2 cm³/mol. The van der Waals surface area contributed by atoms with E-state index in [2.05, 4.69) is 25.2 Å². The smallest absolute Gasteiger partial charge is 0.130 e. The van der Waals surface area contributed by atoms with Gasteiger partial charge in [-0.3, -0.25) is 0 Å². The number of halogens is 1. The van der Waals surface area contributed by atoms with E-state index in [-0.39, 0.29) is 5.82 Å². The fraction of sp³-hybridized carbons (Fsp3) is 0.375. The van der Waals surface area contributed by atoms with Gasteiger partial charge in [-0.25, -0.2) is 4.39 Å². The summed E-state index contributed by atoms with van der Waals surface area (Å²) in [4.78, 5) is 0. The minimum absolute atomic E-state index is 0.130. The Morgan fingerprint density at radius 1 is 1.24 bits per heavy atom. The summed E-state index contributed by atoms with van der Waals surface area (Å²) in [5.41, 5.74) is 1.65. The maximum Gasteiger partial charge on any atom is 0.130 e. The Balaban J connectivity index is 2.07. The molecule has 90 valence electrons. The summed E-state index contributed by atoms with van der Waals surface area (Å²) in [6.07, 6.45) is 10.9. The number of aryl methyl sites for hydroxylation is 1. The third kappa shape index (κ3) is 3.29. The lowest BCUT2D eigenvalue weighted by Crippen LogP contribution is -2.03. The molecule has 0 spiro atoms. The summed E-state index contributed by atoms with van der Waals surface area (Å²) in [5, 5.41) is 0. The zero-order valence-electron chi connectivity index (χ0n) is 10.5. The molecule has 2 atom stereocenters. The molecule has 1 aromatic carbocycles. The molecule has 1 heteroatoms. The van der Waals surface area contributed by atoms with Crippen LogP contribution in [0.1, 0.15) is 30.9 Å². The molecule has 0 aliphatic heterocycles. The first-order valence-electron chi connectivity index (χ1n) is 6.28. The first-order chi connectivity index (χ1) is 8.15. The van der Waals surface area contributed by atoms with Crippen molar-refractivity contribution in [2.24, 2.45) is 11.8 Å². The van der Waals surface area contributed by atoms with Gasteiger partial charge in [0.15, 0.2) is 0 Å². The lowest BCUT2D eigenvalue weighted by Gasteiger charge is -2.17. The van der Waals surface area contributed by atoms with Crippen molar-refractivity contribution in [3.05, 3.63) is 53.4 Å². The van der Waals surface area contributed by atoms with Gasteiger partial charge in [-0.2, -0.15) is 0 Å². The molecule has 0 bridgehead atoms. The first-order valence-corrected chi connectivity index (χ1v) is 6.28. The third-order valence-corrected chi connectivity index (χ3v) is 3.32. The van der Waals surface area contributed by atoms with Crippen LogP contribution in [-0.2, 0) is 0 Å². The average Bonchev–Trinajstić information content (AvgIpc) is 2.30. The lowest BCUT2D eigenvalue weighted by molar-refractivity contribution is 0.531. The van der Waals surface area contributed by atoms with Gasteiger partial charge in [0.1, 0.15) is 5.82 Å². The number of hydrogen-bond donors (Lipinski definition) is 0. The topological polar surface area (TPSA) is 0 Å². The zero-order valence-corrected chi connectivity index (χ0v) is 10.5. The van der Waals surface area contributed by atoms with Crippen molar-refractivity contribution >= 4 is 6.08 Å². The summed E-state index contributed by atoms with van der Waals surface area (Å²) in [7, 11) is 0. The van der Waals surface area contributed by atoms with Crippen LogP contribution in [0.25, 0.3) is 6.08 Å². The van der Waals surface area contributed by atoms with Gasteiger partial charge in [0.05, 0.1) is 0 Å². The number of hydrogen-bond acceptors (Lipinski definition) is 0. The minimum atomic E-state index is -0.130. The van der Waals surface area contributed by atoms with Crippen molar-refractivity contribution in [2.45, 2.75) is 26.7 Å². The van der Waals surface area contributed by atoms with E-state index in [1.165, 1.54) is 12.8 Å². The molecule has 1 aliphatic rings. The van der Waals surface area contributed by atoms with Gasteiger partial charge in [-0.1, -0.05) is 43.4 Å². The third-order valence-electron chi connectivity index (χ3n) is 3.32. The van der Waals surface area contributed by atoms with Crippen LogP contribution in [0.4, 0.5) is 4.39 Å². The fourth-order valence-electron chi connectivity index (χ4n) is 2.14. The number of benzene rings is 1. The molecule has 2 unspecified atom stereocenters. The molecule has 0 aromatic heterocycles. The van der Waals surface area contributed by atoms with Crippen molar-refractivity contribution < 1.29 is 4.39 Å². The van der Waals surface area contributed by atoms with Crippen LogP contribution in [0.5, 0.6) is 0 Å². The van der Waals surface area contributed by atoms with Crippen LogP contribution in [0.3, 0.4) is 0 Å². The van der Waals surface area contributed by atoms with Crippen LogP contribution in [0.15, 0.2) is 36.4 Å². The molecule has 17 heavy (non-hydrogen) atoms. The quantitative estimate of drug-likeness (QED) is 0.643. The van der Waals surface area contributed by atoms with Crippen LogP contribution in [0, 0.1) is 24.6 Å². The van der Waals surface area contributed by atoms with Crippen LogP contribution < -0.4 is 0 Å². The Kier molecular flexibility index (Phi) is 3.78. The van der Waals surface area contributed by atoms with Gasteiger partial charge in [0.25, 0.3) is 0 Å². The maximum absolute atomic E-state index is 13.6. The minimum Gasteiger partial charge on any atom is -0.206 e. The summed E-state index contributed by atoms with van der Waals surface area (Å²) in [5.74, 6) is 1.03. The second kappa shape index (κ2) is 5.31. The van der Waals surface area contributed by atoms with Gasteiger partial charge in [0, 0.05) is 5.56 Å². The van der Waals surface area contributed by atoms with E-state index in [0.717, 1.165) is 5.56 Å². The summed E-state index contributed by atoms with van der Waals surface area (Å²) in [6.45, 7) is 4.14. The Bertz CT molecular complexity index is 443. The Morgan fingerprint density at radius 2 is 2.06 bits per heavy atom. The molecule has 1 aliphatic carbocycles. The lowest BCUT2D eigenvalue weighted by atomic mass is 9.89. The van der Waals surface area contributed by atoms with E-state index in [1.807, 2.05) is 25.1 Å². The summed E-state index contributed by atoms with van der Waals surface area (Å²) >= 11 is 0. The Morgan fingerprint density at radius 3 is 2.71 bits per heavy atom. The highest BCUT2D eigenvalue weighted by Gasteiger charge is 2.09. The van der Waals surface area contributed by atoms with Gasteiger partial charge >= 0.3 is 0 Å². The van der Waals surface area contributed by atoms with Gasteiger partial charge in [0.2, 0.25) is 0 Å². The molecule has 0 fully saturated rings. The Hall–Kier alpha value is -1.37. The molecule has 0 saturated carbocycles. The zero-order chi connectivity index (χ0) is 12.3. The highest BCUT2D eigenvalue weighted by molar-refractivity contribution is 5.51. The van der Waals surface area contributed by atoms with Crippen molar-refractivity contribution in [1.82, 2.24) is 0 Å². The molecule has 0 nitrogen and oxygen atoms in total. The van der Waals surface area contributed by atoms with Crippen molar-refractivity contribution in [1.29, 1.82) is 0 Å². The molecule has 0 amide bonds. The van der Waals surface area contributed by atoms with Crippen LogP contribution >= 0.6 is 0 Å². The highest BCUT2D eigenvalue weighted by Crippen LogP contribution is 2.23. The maximum atomic E-state index is 13.6. The molecule has 0 radical (unpaired) electrons. The number of rotatable bonds is 2. The molecular weight excluding hydrogens is 211 g/mol. The second-order valence-electron chi connectivity index (χ2n) is 4.99. The van der Waals surface area contributed by atoms with Crippen LogP contribution in [-0.4, -0.2) is 0 Å². The van der Waals surface area contributed by atoms with E-state index in [0.29, 0.717) is 17.4 Å². The molecular formula is C16H19F. The highest BCUT2D eigenvalue weighted by atomic mass is 19.1. The van der Waals surface area contributed by atoms with E-state index < -0.39 is 0 Å². The van der Waals surface area contributed by atoms with Gasteiger partial charge < -0.3 is 0 Å². The number of allylic oxidation sites excluding steroid dienone is 3. The van der Waals surface area contributed by atoms with Crippen LogP contribution in [0.2, 0.25) is 0 Å². The fourth-order valence-corrected chi connectivity index (χ4v) is 2.14. The standard InChI is InChI=1S/C16H19F/c1-12-3-6-14(7-4-12)8-10-15-9-5-13(2)11-16(15)17/h3,5-6,8-12,14H,4,7H2,1-2H3/b10-8+. The first kappa shape index (κ1) is 12.1. The largest absolute Gasteiger partial charge is 0.206 e. The molecule has 1 aromatic rings. The van der Waals surface area contributed by atoms with E-state index >= 15 is 0 Å². The molecule has 0 saturated heterocycles. The van der Waals surface area contributed by atoms with Gasteiger partial charge in [-0.05, 0) is 43.2 Å². The summed E-state index contributed by atoms with van der Waals surface area (Å²) < 4.78 is 13.6. The average molecular weight is 230 g/mol. The van der Waals surface area contributed by atoms with E-state index in [1.54, 1.807) is 6.07 Å². The van der Waals surface area contributed by atoms with Crippen molar-refractivity contribution in [2.75, 3.05) is 0 Å². The van der Waals surface area contributed by atoms with Crippen molar-refractivity contribution in [3.63, 3.8) is 0 Å². The van der Waals surface area contributed by atoms with Crippen molar-refractivity contribution in [3.8, 4) is 0 Å². The normalized spacial score (nSPS) is 24.4. The van der Waals surface area contributed by atoms with E-state index in [9.17, 15) is 4.39 Å². The SMILES string of the molecule is Cc1ccc(/C=C/C2C=CC(C)CC2)c(F)c1. The molecule has 2 rings (SSSR count). The predicted octanol–water partition coefficient (Wildman–Crippen LogP) is 4.75. The molecule has 0 heterocycles.